The fraction of sp³-hybridized carbons (Fsp3) is 0. The molecule has 120 valence electrons. The topological polar surface area (TPSA) is 29.0 Å². The van der Waals surface area contributed by atoms with E-state index in [0.29, 0.717) is 0 Å². The summed E-state index contributed by atoms with van der Waals surface area (Å²) in [7, 11) is 0. The SMILES string of the molecule is c1ccc(N(c2ccccc2)c2ccc(-c3ncccn3)cc2)cc1. The van der Waals surface area contributed by atoms with Crippen molar-refractivity contribution in [3.63, 3.8) is 0 Å². The number of hydrogen-bond acceptors (Lipinski definition) is 3. The molecule has 1 heterocycles. The summed E-state index contributed by atoms with van der Waals surface area (Å²) in [5, 5.41) is 0. The Bertz CT molecular complexity index is 882. The standard InChI is InChI=1S/C22H17N3/c1-3-8-19(9-4-1)25(20-10-5-2-6-11-20)21-14-12-18(13-15-21)22-23-16-7-17-24-22/h1-17H. The molecule has 4 aromatic rings. The van der Waals surface area contributed by atoms with Crippen molar-refractivity contribution in [1.29, 1.82) is 0 Å². The molecule has 0 saturated carbocycles. The Morgan fingerprint density at radius 2 is 0.960 bits per heavy atom. The Kier molecular flexibility index (Phi) is 4.21. The lowest BCUT2D eigenvalue weighted by Gasteiger charge is -2.25. The first-order chi connectivity index (χ1) is 12.4. The first kappa shape index (κ1) is 15.1. The van der Waals surface area contributed by atoms with Crippen LogP contribution in [-0.4, -0.2) is 9.97 Å². The van der Waals surface area contributed by atoms with Gasteiger partial charge >= 0.3 is 0 Å². The molecule has 0 unspecified atom stereocenters. The van der Waals surface area contributed by atoms with Crippen LogP contribution in [0.5, 0.6) is 0 Å². The average molecular weight is 323 g/mol. The van der Waals surface area contributed by atoms with Crippen molar-refractivity contribution >= 4 is 17.1 Å². The van der Waals surface area contributed by atoms with E-state index in [1.807, 2.05) is 18.2 Å². The van der Waals surface area contributed by atoms with E-state index >= 15 is 0 Å². The Balaban J connectivity index is 1.75. The minimum Gasteiger partial charge on any atom is -0.311 e. The van der Waals surface area contributed by atoms with Crippen LogP contribution in [0.25, 0.3) is 11.4 Å². The van der Waals surface area contributed by atoms with Gasteiger partial charge in [-0.15, -0.1) is 0 Å². The van der Waals surface area contributed by atoms with E-state index < -0.39 is 0 Å². The maximum absolute atomic E-state index is 4.32. The molecule has 0 aliphatic heterocycles. The number of para-hydroxylation sites is 2. The fourth-order valence-electron chi connectivity index (χ4n) is 2.81. The zero-order chi connectivity index (χ0) is 16.9. The van der Waals surface area contributed by atoms with Crippen molar-refractivity contribution < 1.29 is 0 Å². The molecule has 0 bridgehead atoms. The number of benzene rings is 3. The van der Waals surface area contributed by atoms with Crippen LogP contribution in [0.3, 0.4) is 0 Å². The van der Waals surface area contributed by atoms with Crippen molar-refractivity contribution in [2.24, 2.45) is 0 Å². The smallest absolute Gasteiger partial charge is 0.159 e. The fourth-order valence-corrected chi connectivity index (χ4v) is 2.81. The second-order valence-corrected chi connectivity index (χ2v) is 5.63. The number of nitrogens with zero attached hydrogens (tertiary/aromatic N) is 3. The number of aromatic nitrogens is 2. The monoisotopic (exact) mass is 323 g/mol. The van der Waals surface area contributed by atoms with Crippen LogP contribution in [-0.2, 0) is 0 Å². The van der Waals surface area contributed by atoms with Gasteiger partial charge < -0.3 is 4.90 Å². The van der Waals surface area contributed by atoms with Gasteiger partial charge in [0.2, 0.25) is 0 Å². The van der Waals surface area contributed by atoms with Gasteiger partial charge in [0.1, 0.15) is 0 Å². The molecule has 0 amide bonds. The second kappa shape index (κ2) is 6.97. The van der Waals surface area contributed by atoms with E-state index in [-0.39, 0.29) is 0 Å². The zero-order valence-electron chi connectivity index (χ0n) is 13.7. The van der Waals surface area contributed by atoms with Crippen LogP contribution in [0.2, 0.25) is 0 Å². The Morgan fingerprint density at radius 3 is 1.48 bits per heavy atom. The summed E-state index contributed by atoms with van der Waals surface area (Å²) in [6.07, 6.45) is 3.52. The molecule has 0 aliphatic carbocycles. The lowest BCUT2D eigenvalue weighted by molar-refractivity contribution is 1.17. The zero-order valence-corrected chi connectivity index (χ0v) is 13.7. The summed E-state index contributed by atoms with van der Waals surface area (Å²) in [6, 6.07) is 30.9. The van der Waals surface area contributed by atoms with Crippen LogP contribution in [0.15, 0.2) is 103 Å². The molecule has 0 spiro atoms. The molecule has 3 nitrogen and oxygen atoms in total. The molecule has 4 rings (SSSR count). The molecule has 0 aliphatic rings. The lowest BCUT2D eigenvalue weighted by Crippen LogP contribution is -2.09. The largest absolute Gasteiger partial charge is 0.311 e. The van der Waals surface area contributed by atoms with Crippen molar-refractivity contribution in [3.05, 3.63) is 103 Å². The van der Waals surface area contributed by atoms with E-state index in [4.69, 9.17) is 0 Å². The molecule has 1 aromatic heterocycles. The number of anilines is 3. The first-order valence-electron chi connectivity index (χ1n) is 8.19. The van der Waals surface area contributed by atoms with E-state index in [9.17, 15) is 0 Å². The van der Waals surface area contributed by atoms with Gasteiger partial charge in [0.25, 0.3) is 0 Å². The predicted octanol–water partition coefficient (Wildman–Crippen LogP) is 5.61. The first-order valence-corrected chi connectivity index (χ1v) is 8.19. The van der Waals surface area contributed by atoms with Gasteiger partial charge in [-0.2, -0.15) is 0 Å². The minimum atomic E-state index is 0.736. The third-order valence-electron chi connectivity index (χ3n) is 3.98. The number of rotatable bonds is 4. The van der Waals surface area contributed by atoms with Crippen LogP contribution < -0.4 is 4.90 Å². The minimum absolute atomic E-state index is 0.736. The van der Waals surface area contributed by atoms with Crippen LogP contribution in [0, 0.1) is 0 Å². The van der Waals surface area contributed by atoms with Gasteiger partial charge in [0, 0.05) is 35.0 Å². The molecule has 0 atom stereocenters. The average Bonchev–Trinajstić information content (AvgIpc) is 2.71. The number of hydrogen-bond donors (Lipinski definition) is 0. The highest BCUT2D eigenvalue weighted by Gasteiger charge is 2.12. The highest BCUT2D eigenvalue weighted by atomic mass is 15.1. The van der Waals surface area contributed by atoms with Crippen LogP contribution >= 0.6 is 0 Å². The van der Waals surface area contributed by atoms with E-state index in [1.165, 1.54) is 0 Å². The molecule has 0 radical (unpaired) electrons. The summed E-state index contributed by atoms with van der Waals surface area (Å²) in [4.78, 5) is 10.9. The molecule has 3 heteroatoms. The van der Waals surface area contributed by atoms with Crippen LogP contribution in [0.1, 0.15) is 0 Å². The van der Waals surface area contributed by atoms with Gasteiger partial charge in [-0.1, -0.05) is 36.4 Å². The highest BCUT2D eigenvalue weighted by Crippen LogP contribution is 2.34. The molecule has 0 fully saturated rings. The Hall–Kier alpha value is -3.46. The molecular weight excluding hydrogens is 306 g/mol. The summed E-state index contributed by atoms with van der Waals surface area (Å²) in [5.41, 5.74) is 4.34. The molecule has 3 aromatic carbocycles. The highest BCUT2D eigenvalue weighted by molar-refractivity contribution is 5.77. The summed E-state index contributed by atoms with van der Waals surface area (Å²) >= 11 is 0. The van der Waals surface area contributed by atoms with Gasteiger partial charge in [-0.25, -0.2) is 9.97 Å². The van der Waals surface area contributed by atoms with Gasteiger partial charge in [-0.05, 0) is 54.6 Å². The molecule has 25 heavy (non-hydrogen) atoms. The molecule has 0 saturated heterocycles. The summed E-state index contributed by atoms with van der Waals surface area (Å²) in [6.45, 7) is 0. The molecule has 0 N–H and O–H groups in total. The predicted molar refractivity (Wildman–Crippen MR) is 102 cm³/mol. The maximum Gasteiger partial charge on any atom is 0.159 e. The van der Waals surface area contributed by atoms with Crippen LogP contribution in [0.4, 0.5) is 17.1 Å². The lowest BCUT2D eigenvalue weighted by atomic mass is 10.1. The quantitative estimate of drug-likeness (QED) is 0.488. The summed E-state index contributed by atoms with van der Waals surface area (Å²) < 4.78 is 0. The van der Waals surface area contributed by atoms with Gasteiger partial charge in [0.05, 0.1) is 0 Å². The third-order valence-corrected chi connectivity index (χ3v) is 3.98. The molecular formula is C22H17N3. The van der Waals surface area contributed by atoms with E-state index in [1.54, 1.807) is 12.4 Å². The summed E-state index contributed by atoms with van der Waals surface area (Å²) in [5.74, 6) is 0.736. The van der Waals surface area contributed by atoms with Crippen molar-refractivity contribution in [2.45, 2.75) is 0 Å². The Morgan fingerprint density at radius 1 is 0.480 bits per heavy atom. The van der Waals surface area contributed by atoms with Crippen molar-refractivity contribution in [2.75, 3.05) is 4.90 Å². The van der Waals surface area contributed by atoms with E-state index in [0.717, 1.165) is 28.5 Å². The van der Waals surface area contributed by atoms with Crippen molar-refractivity contribution in [1.82, 2.24) is 9.97 Å². The Labute approximate surface area is 147 Å². The normalized spacial score (nSPS) is 10.4. The second-order valence-electron chi connectivity index (χ2n) is 5.63. The third kappa shape index (κ3) is 3.26. The van der Waals surface area contributed by atoms with Gasteiger partial charge in [-0.3, -0.25) is 0 Å². The van der Waals surface area contributed by atoms with Gasteiger partial charge in [0.15, 0.2) is 5.82 Å². The van der Waals surface area contributed by atoms with E-state index in [2.05, 4.69) is 87.7 Å². The maximum atomic E-state index is 4.32. The van der Waals surface area contributed by atoms with Crippen molar-refractivity contribution in [3.8, 4) is 11.4 Å².